The molecule has 0 aliphatic rings. The highest BCUT2D eigenvalue weighted by Crippen LogP contribution is 2.17. The number of aromatic hydroxyl groups is 1. The van der Waals surface area contributed by atoms with Crippen LogP contribution in [-0.4, -0.2) is 20.3 Å². The first-order valence-corrected chi connectivity index (χ1v) is 4.22. The zero-order valence-corrected chi connectivity index (χ0v) is 7.64. The maximum Gasteiger partial charge on any atom is 0.363 e. The lowest BCUT2D eigenvalue weighted by Crippen LogP contribution is -2.13. The van der Waals surface area contributed by atoms with E-state index < -0.39 is 5.69 Å². The van der Waals surface area contributed by atoms with Crippen LogP contribution >= 0.6 is 0 Å². The standard InChI is InChI=1S/C9H8N4O2/c14-7-3-1-2-6(4-7)11-8-5-10-13-9(15)12-8/h1-5,14H,(H2,11,12,13,15). The SMILES string of the molecule is O=c1nc(Nc2cccc(O)c2)cn[nH]1. The van der Waals surface area contributed by atoms with Crippen LogP contribution in [0.1, 0.15) is 0 Å². The van der Waals surface area contributed by atoms with Crippen LogP contribution in [0.5, 0.6) is 5.75 Å². The van der Waals surface area contributed by atoms with Crippen LogP contribution in [0, 0.1) is 0 Å². The van der Waals surface area contributed by atoms with Crippen molar-refractivity contribution in [3.05, 3.63) is 40.9 Å². The number of aromatic nitrogens is 3. The Kier molecular flexibility index (Phi) is 2.32. The lowest BCUT2D eigenvalue weighted by molar-refractivity contribution is 0.475. The molecule has 6 heteroatoms. The van der Waals surface area contributed by atoms with E-state index in [0.717, 1.165) is 0 Å². The topological polar surface area (TPSA) is 90.9 Å². The number of nitrogens with zero attached hydrogens (tertiary/aromatic N) is 2. The van der Waals surface area contributed by atoms with Gasteiger partial charge in [0.05, 0.1) is 6.20 Å². The van der Waals surface area contributed by atoms with E-state index in [2.05, 4.69) is 20.5 Å². The molecule has 0 amide bonds. The Morgan fingerprint density at radius 3 is 3.00 bits per heavy atom. The van der Waals surface area contributed by atoms with Gasteiger partial charge in [-0.05, 0) is 12.1 Å². The van der Waals surface area contributed by atoms with E-state index >= 15 is 0 Å². The lowest BCUT2D eigenvalue weighted by atomic mass is 10.3. The number of rotatable bonds is 2. The first kappa shape index (κ1) is 9.20. The minimum Gasteiger partial charge on any atom is -0.508 e. The molecular weight excluding hydrogens is 196 g/mol. The molecule has 76 valence electrons. The summed E-state index contributed by atoms with van der Waals surface area (Å²) in [4.78, 5) is 14.5. The largest absolute Gasteiger partial charge is 0.508 e. The van der Waals surface area contributed by atoms with Gasteiger partial charge >= 0.3 is 5.69 Å². The third kappa shape index (κ3) is 2.31. The molecule has 0 fully saturated rings. The molecule has 3 N–H and O–H groups in total. The van der Waals surface area contributed by atoms with Crippen LogP contribution in [0.3, 0.4) is 0 Å². The molecule has 0 aliphatic carbocycles. The van der Waals surface area contributed by atoms with Crippen molar-refractivity contribution in [3.8, 4) is 5.75 Å². The second-order valence-corrected chi connectivity index (χ2v) is 2.85. The highest BCUT2D eigenvalue weighted by atomic mass is 16.3. The summed E-state index contributed by atoms with van der Waals surface area (Å²) >= 11 is 0. The van der Waals surface area contributed by atoms with E-state index in [-0.39, 0.29) is 5.75 Å². The van der Waals surface area contributed by atoms with Crippen LogP contribution in [0.2, 0.25) is 0 Å². The zero-order valence-electron chi connectivity index (χ0n) is 7.64. The zero-order chi connectivity index (χ0) is 10.7. The third-order valence-electron chi connectivity index (χ3n) is 1.69. The molecule has 2 rings (SSSR count). The van der Waals surface area contributed by atoms with Gasteiger partial charge in [0.1, 0.15) is 5.75 Å². The maximum absolute atomic E-state index is 10.8. The number of phenols is 1. The summed E-state index contributed by atoms with van der Waals surface area (Å²) in [6, 6.07) is 6.48. The van der Waals surface area contributed by atoms with Crippen molar-refractivity contribution < 1.29 is 5.11 Å². The Balaban J connectivity index is 2.26. The molecule has 1 aromatic carbocycles. The fourth-order valence-electron chi connectivity index (χ4n) is 1.10. The van der Waals surface area contributed by atoms with Crippen molar-refractivity contribution in [1.82, 2.24) is 15.2 Å². The number of aromatic amines is 1. The van der Waals surface area contributed by atoms with Crippen molar-refractivity contribution >= 4 is 11.5 Å². The second kappa shape index (κ2) is 3.79. The van der Waals surface area contributed by atoms with Crippen LogP contribution in [0.25, 0.3) is 0 Å². The third-order valence-corrected chi connectivity index (χ3v) is 1.69. The van der Waals surface area contributed by atoms with Crippen LogP contribution in [-0.2, 0) is 0 Å². The minimum atomic E-state index is -0.528. The Hall–Kier alpha value is -2.37. The molecule has 0 unspecified atom stereocenters. The van der Waals surface area contributed by atoms with E-state index in [0.29, 0.717) is 11.5 Å². The molecular formula is C9H8N4O2. The van der Waals surface area contributed by atoms with Crippen LogP contribution in [0.4, 0.5) is 11.5 Å². The van der Waals surface area contributed by atoms with Gasteiger partial charge in [-0.15, -0.1) is 0 Å². The Bertz CT molecular complexity index is 523. The number of nitrogens with one attached hydrogen (secondary N) is 2. The molecule has 2 aromatic rings. The van der Waals surface area contributed by atoms with Gasteiger partial charge in [-0.25, -0.2) is 9.89 Å². The average Bonchev–Trinajstić information content (AvgIpc) is 2.17. The van der Waals surface area contributed by atoms with Gasteiger partial charge < -0.3 is 10.4 Å². The van der Waals surface area contributed by atoms with Crippen molar-refractivity contribution in [2.24, 2.45) is 0 Å². The lowest BCUT2D eigenvalue weighted by Gasteiger charge is -2.03. The number of phenolic OH excluding ortho intramolecular Hbond substituents is 1. The van der Waals surface area contributed by atoms with Gasteiger partial charge in [-0.2, -0.15) is 10.1 Å². The molecule has 6 nitrogen and oxygen atoms in total. The molecule has 0 aliphatic heterocycles. The van der Waals surface area contributed by atoms with E-state index in [1.807, 2.05) is 0 Å². The Morgan fingerprint density at radius 1 is 1.40 bits per heavy atom. The second-order valence-electron chi connectivity index (χ2n) is 2.85. The average molecular weight is 204 g/mol. The van der Waals surface area contributed by atoms with E-state index in [9.17, 15) is 9.90 Å². The van der Waals surface area contributed by atoms with Gasteiger partial charge in [-0.1, -0.05) is 6.07 Å². The summed E-state index contributed by atoms with van der Waals surface area (Å²) in [6.07, 6.45) is 1.38. The molecule has 0 saturated carbocycles. The van der Waals surface area contributed by atoms with Gasteiger partial charge in [-0.3, -0.25) is 0 Å². The van der Waals surface area contributed by atoms with E-state index in [1.54, 1.807) is 18.2 Å². The van der Waals surface area contributed by atoms with Gasteiger partial charge in [0.25, 0.3) is 0 Å². The number of hydrogen-bond acceptors (Lipinski definition) is 5. The summed E-state index contributed by atoms with van der Waals surface area (Å²) in [6.45, 7) is 0. The number of anilines is 2. The monoisotopic (exact) mass is 204 g/mol. The Morgan fingerprint density at radius 2 is 2.27 bits per heavy atom. The molecule has 0 spiro atoms. The number of H-pyrrole nitrogens is 1. The van der Waals surface area contributed by atoms with Gasteiger partial charge in [0, 0.05) is 11.8 Å². The minimum absolute atomic E-state index is 0.137. The summed E-state index contributed by atoms with van der Waals surface area (Å²) < 4.78 is 0. The molecule has 1 heterocycles. The highest BCUT2D eigenvalue weighted by molar-refractivity contribution is 5.56. The van der Waals surface area contributed by atoms with E-state index in [4.69, 9.17) is 0 Å². The Labute approximate surface area is 84.6 Å². The van der Waals surface area contributed by atoms with Crippen LogP contribution in [0.15, 0.2) is 35.3 Å². The van der Waals surface area contributed by atoms with Crippen LogP contribution < -0.4 is 11.0 Å². The normalized spacial score (nSPS) is 9.87. The predicted octanol–water partition coefficient (Wildman–Crippen LogP) is 0.614. The predicted molar refractivity (Wildman–Crippen MR) is 54.0 cm³/mol. The molecule has 0 bridgehead atoms. The summed E-state index contributed by atoms with van der Waals surface area (Å²) in [7, 11) is 0. The van der Waals surface area contributed by atoms with Crippen molar-refractivity contribution in [3.63, 3.8) is 0 Å². The first-order chi connectivity index (χ1) is 7.24. The molecule has 0 radical (unpaired) electrons. The summed E-state index contributed by atoms with van der Waals surface area (Å²) in [5, 5.41) is 17.8. The maximum atomic E-state index is 10.8. The quantitative estimate of drug-likeness (QED) is 0.666. The van der Waals surface area contributed by atoms with Gasteiger partial charge in [0.15, 0.2) is 5.82 Å². The smallest absolute Gasteiger partial charge is 0.363 e. The van der Waals surface area contributed by atoms with Crippen molar-refractivity contribution in [1.29, 1.82) is 0 Å². The fourth-order valence-corrected chi connectivity index (χ4v) is 1.10. The fraction of sp³-hybridized carbons (Fsp3) is 0. The van der Waals surface area contributed by atoms with E-state index in [1.165, 1.54) is 12.3 Å². The number of benzene rings is 1. The highest BCUT2D eigenvalue weighted by Gasteiger charge is 1.97. The molecule has 0 atom stereocenters. The summed E-state index contributed by atoms with van der Waals surface area (Å²) in [5.41, 5.74) is 0.107. The molecule has 0 saturated heterocycles. The molecule has 15 heavy (non-hydrogen) atoms. The number of hydrogen-bond donors (Lipinski definition) is 3. The van der Waals surface area contributed by atoms with Gasteiger partial charge in [0.2, 0.25) is 0 Å². The molecule has 1 aromatic heterocycles. The summed E-state index contributed by atoms with van der Waals surface area (Å²) in [5.74, 6) is 0.460. The first-order valence-electron chi connectivity index (χ1n) is 4.22. The van der Waals surface area contributed by atoms with Crippen molar-refractivity contribution in [2.75, 3.05) is 5.32 Å². The van der Waals surface area contributed by atoms with Crippen molar-refractivity contribution in [2.45, 2.75) is 0 Å².